The molecule has 3 aliphatic rings. The molecule has 0 bridgehead atoms. The van der Waals surface area contributed by atoms with Crippen LogP contribution in [-0.2, 0) is 5.41 Å². The molecule has 62 heavy (non-hydrogen) atoms. The summed E-state index contributed by atoms with van der Waals surface area (Å²) in [7, 11) is 0. The second-order valence-electron chi connectivity index (χ2n) is 17.3. The molecule has 2 heteroatoms. The molecule has 9 aromatic carbocycles. The highest BCUT2D eigenvalue weighted by atomic mass is 15.2. The van der Waals surface area contributed by atoms with Crippen LogP contribution >= 0.6 is 0 Å². The summed E-state index contributed by atoms with van der Waals surface area (Å²) in [5.74, 6) is 0.335. The Labute approximate surface area is 361 Å². The monoisotopic (exact) mass is 790 g/mol. The van der Waals surface area contributed by atoms with E-state index < -0.39 is 5.41 Å². The lowest BCUT2D eigenvalue weighted by Crippen LogP contribution is -2.26. The Morgan fingerprint density at radius 1 is 0.484 bits per heavy atom. The van der Waals surface area contributed by atoms with E-state index in [2.05, 4.69) is 229 Å². The number of rotatable bonds is 5. The number of fused-ring (bicyclic) bond motifs is 15. The van der Waals surface area contributed by atoms with E-state index in [0.29, 0.717) is 5.92 Å². The van der Waals surface area contributed by atoms with Crippen LogP contribution in [0, 0.1) is 5.92 Å². The predicted molar refractivity (Wildman–Crippen MR) is 260 cm³/mol. The molecule has 1 atom stereocenters. The standard InChI is InChI=1S/C60H42N2/c1-38-33-41(39-17-4-2-5-18-39)35-43(34-38)62(57-30-16-29-56-58(57)51-37-50(40-19-6-3-7-20-40)44-21-8-9-25-49(44)59(51)61-56)42-31-32-48-47-24-12-15-28-54(47)60(55(48)36-42)52-26-13-10-22-45(52)46-23-11-14-27-53(46)60/h2-33,35-38,61H,34H2,1H3. The summed E-state index contributed by atoms with van der Waals surface area (Å²) in [6.45, 7) is 2.36. The van der Waals surface area contributed by atoms with Gasteiger partial charge in [-0.3, -0.25) is 0 Å². The average molecular weight is 791 g/mol. The van der Waals surface area contributed by atoms with Crippen molar-refractivity contribution in [2.45, 2.75) is 18.8 Å². The molecule has 1 unspecified atom stereocenters. The number of anilines is 2. The van der Waals surface area contributed by atoms with E-state index >= 15 is 0 Å². The van der Waals surface area contributed by atoms with Crippen molar-refractivity contribution in [3.8, 4) is 33.4 Å². The van der Waals surface area contributed by atoms with Crippen LogP contribution in [0.3, 0.4) is 0 Å². The van der Waals surface area contributed by atoms with Crippen molar-refractivity contribution in [2.24, 2.45) is 5.92 Å². The summed E-state index contributed by atoms with van der Waals surface area (Å²) >= 11 is 0. The van der Waals surface area contributed by atoms with Gasteiger partial charge in [0.2, 0.25) is 0 Å². The molecule has 0 aliphatic heterocycles. The van der Waals surface area contributed by atoms with E-state index in [4.69, 9.17) is 0 Å². The Bertz CT molecular complexity index is 3450. The Kier molecular flexibility index (Phi) is 7.60. The number of aromatic nitrogens is 1. The third-order valence-electron chi connectivity index (χ3n) is 13.9. The molecule has 2 nitrogen and oxygen atoms in total. The number of allylic oxidation sites excluding steroid dienone is 4. The highest BCUT2D eigenvalue weighted by molar-refractivity contribution is 6.24. The molecule has 13 rings (SSSR count). The molecule has 3 aliphatic carbocycles. The normalized spacial score (nSPS) is 15.6. The van der Waals surface area contributed by atoms with Crippen molar-refractivity contribution in [1.29, 1.82) is 0 Å². The minimum absolute atomic E-state index is 0.335. The minimum atomic E-state index is -0.444. The second kappa shape index (κ2) is 13.4. The van der Waals surface area contributed by atoms with E-state index in [1.165, 1.54) is 105 Å². The fourth-order valence-corrected chi connectivity index (χ4v) is 11.4. The van der Waals surface area contributed by atoms with Gasteiger partial charge in [0, 0.05) is 33.1 Å². The molecule has 0 amide bonds. The summed E-state index contributed by atoms with van der Waals surface area (Å²) in [5, 5.41) is 4.93. The SMILES string of the molecule is CC1C=C(c2ccccc2)C=C(N(c2ccc3c(c2)C2(c4ccccc4-c4ccccc42)c2ccccc2-3)c2cccc3[nH]c4c5ccccc5c(-c5ccccc5)cc4c23)C1. The van der Waals surface area contributed by atoms with E-state index in [0.717, 1.165) is 17.6 Å². The van der Waals surface area contributed by atoms with E-state index in [1.54, 1.807) is 0 Å². The lowest BCUT2D eigenvalue weighted by Gasteiger charge is -2.34. The summed E-state index contributed by atoms with van der Waals surface area (Å²) in [5.41, 5.74) is 21.1. The highest BCUT2D eigenvalue weighted by Crippen LogP contribution is 2.63. The van der Waals surface area contributed by atoms with Gasteiger partial charge < -0.3 is 9.88 Å². The quantitative estimate of drug-likeness (QED) is 0.184. The summed E-state index contributed by atoms with van der Waals surface area (Å²) in [4.78, 5) is 6.55. The lowest BCUT2D eigenvalue weighted by molar-refractivity contribution is 0.699. The minimum Gasteiger partial charge on any atom is -0.354 e. The number of hydrogen-bond donors (Lipinski definition) is 1. The molecule has 1 aromatic heterocycles. The van der Waals surface area contributed by atoms with Gasteiger partial charge in [0.15, 0.2) is 0 Å². The number of benzene rings is 9. The number of nitrogens with zero attached hydrogens (tertiary/aromatic N) is 1. The zero-order valence-corrected chi connectivity index (χ0v) is 34.4. The third-order valence-corrected chi connectivity index (χ3v) is 13.9. The molecular weight excluding hydrogens is 749 g/mol. The van der Waals surface area contributed by atoms with Crippen molar-refractivity contribution in [1.82, 2.24) is 4.98 Å². The van der Waals surface area contributed by atoms with Crippen LogP contribution in [0.4, 0.5) is 11.4 Å². The van der Waals surface area contributed by atoms with Gasteiger partial charge >= 0.3 is 0 Å². The fraction of sp³-hybridized carbons (Fsp3) is 0.0667. The molecule has 10 aromatic rings. The van der Waals surface area contributed by atoms with Crippen molar-refractivity contribution in [2.75, 3.05) is 4.90 Å². The Hall–Kier alpha value is -7.68. The molecular formula is C60H42N2. The topological polar surface area (TPSA) is 19.0 Å². The first-order valence-electron chi connectivity index (χ1n) is 21.9. The largest absolute Gasteiger partial charge is 0.354 e. The molecule has 1 heterocycles. The summed E-state index contributed by atoms with van der Waals surface area (Å²) in [6.07, 6.45) is 5.80. The smallest absolute Gasteiger partial charge is 0.0726 e. The molecule has 1 N–H and O–H groups in total. The van der Waals surface area contributed by atoms with Gasteiger partial charge in [-0.2, -0.15) is 0 Å². The first-order chi connectivity index (χ1) is 30.7. The fourth-order valence-electron chi connectivity index (χ4n) is 11.4. The number of aromatic amines is 1. The maximum Gasteiger partial charge on any atom is 0.0726 e. The van der Waals surface area contributed by atoms with Crippen LogP contribution in [0.1, 0.15) is 41.2 Å². The van der Waals surface area contributed by atoms with Gasteiger partial charge in [-0.25, -0.2) is 0 Å². The summed E-state index contributed by atoms with van der Waals surface area (Å²) in [6, 6.07) is 74.5. The summed E-state index contributed by atoms with van der Waals surface area (Å²) < 4.78 is 0. The van der Waals surface area contributed by atoms with Crippen molar-refractivity contribution in [3.63, 3.8) is 0 Å². The van der Waals surface area contributed by atoms with Crippen molar-refractivity contribution < 1.29 is 0 Å². The zero-order chi connectivity index (χ0) is 40.9. The van der Waals surface area contributed by atoms with Crippen LogP contribution in [0.5, 0.6) is 0 Å². The van der Waals surface area contributed by atoms with E-state index in [1.807, 2.05) is 0 Å². The van der Waals surface area contributed by atoms with Crippen LogP contribution in [0.15, 0.2) is 218 Å². The second-order valence-corrected chi connectivity index (χ2v) is 17.3. The molecule has 0 radical (unpaired) electrons. The van der Waals surface area contributed by atoms with Gasteiger partial charge in [0.25, 0.3) is 0 Å². The Morgan fingerprint density at radius 3 is 1.74 bits per heavy atom. The number of nitrogens with one attached hydrogen (secondary N) is 1. The third kappa shape index (κ3) is 4.92. The van der Waals surface area contributed by atoms with Crippen LogP contribution < -0.4 is 4.90 Å². The molecule has 0 fully saturated rings. The maximum absolute atomic E-state index is 3.95. The van der Waals surface area contributed by atoms with Crippen molar-refractivity contribution in [3.05, 3.63) is 246 Å². The average Bonchev–Trinajstić information content (AvgIpc) is 3.96. The molecule has 292 valence electrons. The van der Waals surface area contributed by atoms with E-state index in [9.17, 15) is 0 Å². The molecule has 1 spiro atoms. The van der Waals surface area contributed by atoms with Crippen LogP contribution in [0.25, 0.3) is 71.5 Å². The highest BCUT2D eigenvalue weighted by Gasteiger charge is 2.51. The maximum atomic E-state index is 3.95. The van der Waals surface area contributed by atoms with Crippen LogP contribution in [0.2, 0.25) is 0 Å². The predicted octanol–water partition coefficient (Wildman–Crippen LogP) is 15.6. The van der Waals surface area contributed by atoms with Crippen molar-refractivity contribution >= 4 is 49.5 Å². The van der Waals surface area contributed by atoms with Gasteiger partial charge in [-0.1, -0.05) is 183 Å². The molecule has 0 saturated heterocycles. The number of H-pyrrole nitrogens is 1. The Balaban J connectivity index is 1.12. The Morgan fingerprint density at radius 2 is 1.06 bits per heavy atom. The van der Waals surface area contributed by atoms with E-state index in [-0.39, 0.29) is 0 Å². The number of hydrogen-bond acceptors (Lipinski definition) is 1. The van der Waals surface area contributed by atoms with Gasteiger partial charge in [0.05, 0.1) is 16.6 Å². The molecule has 0 saturated carbocycles. The first kappa shape index (κ1) is 35.1. The van der Waals surface area contributed by atoms with Crippen LogP contribution in [-0.4, -0.2) is 4.98 Å². The zero-order valence-electron chi connectivity index (χ0n) is 34.4. The first-order valence-corrected chi connectivity index (χ1v) is 21.9. The van der Waals surface area contributed by atoms with Gasteiger partial charge in [-0.15, -0.1) is 0 Å². The lowest BCUT2D eigenvalue weighted by atomic mass is 9.70. The van der Waals surface area contributed by atoms with Gasteiger partial charge in [0.1, 0.15) is 0 Å². The van der Waals surface area contributed by atoms with Gasteiger partial charge in [-0.05, 0) is 121 Å².